The smallest absolute Gasteiger partial charge is 0.375 e. The summed E-state index contributed by atoms with van der Waals surface area (Å²) >= 11 is 0. The molecule has 0 amide bonds. The summed E-state index contributed by atoms with van der Waals surface area (Å²) in [6, 6.07) is 17.6. The lowest BCUT2D eigenvalue weighted by atomic mass is 10.3. The van der Waals surface area contributed by atoms with E-state index in [1.165, 1.54) is 0 Å². The maximum absolute atomic E-state index is 11.0. The standard InChI is InChI=1S/C14H11N3O2/c18-14(19)13(15-11-7-3-1-4-8-11)17-16-12-9-5-2-6-10-12/h1-10H,(H,18,19). The number of benzene rings is 2. The average molecular weight is 253 g/mol. The van der Waals surface area contributed by atoms with E-state index in [1.807, 2.05) is 12.1 Å². The monoisotopic (exact) mass is 253 g/mol. The van der Waals surface area contributed by atoms with Gasteiger partial charge in [-0.2, -0.15) is 0 Å². The van der Waals surface area contributed by atoms with Crippen molar-refractivity contribution in [2.45, 2.75) is 0 Å². The number of azo groups is 1. The Hall–Kier alpha value is -2.82. The molecule has 0 spiro atoms. The van der Waals surface area contributed by atoms with Gasteiger partial charge >= 0.3 is 5.97 Å². The van der Waals surface area contributed by atoms with Crippen LogP contribution in [0.25, 0.3) is 0 Å². The minimum atomic E-state index is -1.22. The van der Waals surface area contributed by atoms with Crippen molar-refractivity contribution < 1.29 is 9.90 Å². The van der Waals surface area contributed by atoms with Gasteiger partial charge in [0.15, 0.2) is 0 Å². The second-order valence-electron chi connectivity index (χ2n) is 3.61. The number of carboxylic acids is 1. The quantitative estimate of drug-likeness (QED) is 0.504. The van der Waals surface area contributed by atoms with E-state index in [4.69, 9.17) is 5.11 Å². The minimum absolute atomic E-state index is 0.352. The number of aliphatic imine (C=N–C) groups is 1. The third-order valence-electron chi connectivity index (χ3n) is 2.20. The number of aliphatic carboxylic acids is 1. The molecule has 0 aliphatic rings. The van der Waals surface area contributed by atoms with Gasteiger partial charge < -0.3 is 5.11 Å². The van der Waals surface area contributed by atoms with E-state index in [0.717, 1.165) is 0 Å². The van der Waals surface area contributed by atoms with E-state index in [-0.39, 0.29) is 5.84 Å². The van der Waals surface area contributed by atoms with Gasteiger partial charge in [-0.15, -0.1) is 10.2 Å². The Kier molecular flexibility index (Phi) is 4.12. The molecule has 2 aromatic rings. The molecule has 2 aromatic carbocycles. The first-order valence-electron chi connectivity index (χ1n) is 5.59. The van der Waals surface area contributed by atoms with Gasteiger partial charge in [0.2, 0.25) is 0 Å². The van der Waals surface area contributed by atoms with Crippen molar-refractivity contribution in [2.75, 3.05) is 0 Å². The molecule has 0 radical (unpaired) electrons. The van der Waals surface area contributed by atoms with Crippen molar-refractivity contribution in [3.8, 4) is 0 Å². The van der Waals surface area contributed by atoms with Gasteiger partial charge in [-0.05, 0) is 24.3 Å². The second kappa shape index (κ2) is 6.20. The lowest BCUT2D eigenvalue weighted by Crippen LogP contribution is -2.08. The minimum Gasteiger partial charge on any atom is -0.475 e. The highest BCUT2D eigenvalue weighted by Gasteiger charge is 2.08. The molecular formula is C14H11N3O2. The first-order chi connectivity index (χ1) is 9.25. The Bertz CT molecular complexity index is 607. The summed E-state index contributed by atoms with van der Waals surface area (Å²) in [7, 11) is 0. The summed E-state index contributed by atoms with van der Waals surface area (Å²) in [5, 5.41) is 16.5. The number of nitrogens with zero attached hydrogens (tertiary/aromatic N) is 3. The lowest BCUT2D eigenvalue weighted by Gasteiger charge is -1.95. The Labute approximate surface area is 110 Å². The molecule has 1 N–H and O–H groups in total. The van der Waals surface area contributed by atoms with E-state index < -0.39 is 5.97 Å². The Morgan fingerprint density at radius 2 is 1.37 bits per heavy atom. The van der Waals surface area contributed by atoms with Crippen LogP contribution in [0.5, 0.6) is 0 Å². The van der Waals surface area contributed by atoms with Crippen LogP contribution in [0.2, 0.25) is 0 Å². The number of rotatable bonds is 2. The molecule has 0 heterocycles. The van der Waals surface area contributed by atoms with Crippen molar-refractivity contribution in [3.05, 3.63) is 60.7 Å². The maximum atomic E-state index is 11.0. The molecule has 0 saturated heterocycles. The fourth-order valence-electron chi connectivity index (χ4n) is 1.34. The number of carbonyl (C=O) groups is 1. The zero-order valence-corrected chi connectivity index (χ0v) is 9.97. The molecule has 19 heavy (non-hydrogen) atoms. The highest BCUT2D eigenvalue weighted by molar-refractivity contribution is 6.35. The van der Waals surface area contributed by atoms with Gasteiger partial charge in [-0.3, -0.25) is 0 Å². The van der Waals surface area contributed by atoms with Crippen LogP contribution in [0, 0.1) is 0 Å². The van der Waals surface area contributed by atoms with Crippen molar-refractivity contribution in [1.82, 2.24) is 0 Å². The molecule has 94 valence electrons. The molecule has 5 heteroatoms. The molecule has 0 aliphatic heterocycles. The highest BCUT2D eigenvalue weighted by atomic mass is 16.4. The van der Waals surface area contributed by atoms with Crippen molar-refractivity contribution in [2.24, 2.45) is 15.2 Å². The molecule has 0 aromatic heterocycles. The number of hydrogen-bond donors (Lipinski definition) is 1. The molecule has 0 atom stereocenters. The maximum Gasteiger partial charge on any atom is 0.375 e. The normalized spacial score (nSPS) is 11.7. The molecule has 0 aliphatic carbocycles. The highest BCUT2D eigenvalue weighted by Crippen LogP contribution is 2.13. The number of para-hydroxylation sites is 1. The summed E-state index contributed by atoms with van der Waals surface area (Å²) < 4.78 is 0. The Balaban J connectivity index is 2.25. The number of amidine groups is 1. The SMILES string of the molecule is O=C(O)C(N=Nc1ccccc1)=Nc1ccccc1. The molecule has 0 saturated carbocycles. The summed E-state index contributed by atoms with van der Waals surface area (Å²) in [5.41, 5.74) is 1.09. The summed E-state index contributed by atoms with van der Waals surface area (Å²) in [5.74, 6) is -1.57. The van der Waals surface area contributed by atoms with Crippen LogP contribution in [-0.2, 0) is 4.79 Å². The third kappa shape index (κ3) is 3.85. The summed E-state index contributed by atoms with van der Waals surface area (Å²) in [6.07, 6.45) is 0. The van der Waals surface area contributed by atoms with Crippen LogP contribution >= 0.6 is 0 Å². The van der Waals surface area contributed by atoms with Gasteiger partial charge in [0.1, 0.15) is 0 Å². The van der Waals surface area contributed by atoms with Gasteiger partial charge in [0.25, 0.3) is 5.84 Å². The second-order valence-corrected chi connectivity index (χ2v) is 3.61. The van der Waals surface area contributed by atoms with Crippen molar-refractivity contribution in [1.29, 1.82) is 0 Å². The van der Waals surface area contributed by atoms with Crippen LogP contribution in [0.15, 0.2) is 75.9 Å². The van der Waals surface area contributed by atoms with E-state index in [2.05, 4.69) is 15.2 Å². The van der Waals surface area contributed by atoms with E-state index >= 15 is 0 Å². The first kappa shape index (κ1) is 12.6. The predicted octanol–water partition coefficient (Wildman–Crippen LogP) is 3.59. The number of carboxylic acid groups (broad SMARTS) is 1. The van der Waals surface area contributed by atoms with Gasteiger partial charge in [0, 0.05) is 0 Å². The molecule has 5 nitrogen and oxygen atoms in total. The average Bonchev–Trinajstić information content (AvgIpc) is 2.45. The fraction of sp³-hybridized carbons (Fsp3) is 0. The summed E-state index contributed by atoms with van der Waals surface area (Å²) in [4.78, 5) is 15.0. The lowest BCUT2D eigenvalue weighted by molar-refractivity contribution is -0.129. The van der Waals surface area contributed by atoms with Gasteiger partial charge in [-0.25, -0.2) is 9.79 Å². The van der Waals surface area contributed by atoms with Gasteiger partial charge in [-0.1, -0.05) is 36.4 Å². The fourth-order valence-corrected chi connectivity index (χ4v) is 1.34. The largest absolute Gasteiger partial charge is 0.475 e. The third-order valence-corrected chi connectivity index (χ3v) is 2.20. The van der Waals surface area contributed by atoms with Crippen LogP contribution in [-0.4, -0.2) is 16.9 Å². The molecule has 0 unspecified atom stereocenters. The van der Waals surface area contributed by atoms with E-state index in [9.17, 15) is 4.79 Å². The topological polar surface area (TPSA) is 74.4 Å². The molecule has 0 fully saturated rings. The van der Waals surface area contributed by atoms with Crippen LogP contribution < -0.4 is 0 Å². The molecule has 0 bridgehead atoms. The Morgan fingerprint density at radius 1 is 0.842 bits per heavy atom. The molecular weight excluding hydrogens is 242 g/mol. The summed E-state index contributed by atoms with van der Waals surface area (Å²) in [6.45, 7) is 0. The number of hydrogen-bond acceptors (Lipinski definition) is 3. The van der Waals surface area contributed by atoms with Gasteiger partial charge in [0.05, 0.1) is 11.4 Å². The van der Waals surface area contributed by atoms with Crippen LogP contribution in [0.1, 0.15) is 0 Å². The molecule has 2 rings (SSSR count). The van der Waals surface area contributed by atoms with Crippen LogP contribution in [0.4, 0.5) is 11.4 Å². The predicted molar refractivity (Wildman–Crippen MR) is 72.1 cm³/mol. The van der Waals surface area contributed by atoms with Crippen LogP contribution in [0.3, 0.4) is 0 Å². The zero-order chi connectivity index (χ0) is 13.5. The van der Waals surface area contributed by atoms with Crippen molar-refractivity contribution in [3.63, 3.8) is 0 Å². The van der Waals surface area contributed by atoms with E-state index in [1.54, 1.807) is 48.5 Å². The first-order valence-corrected chi connectivity index (χ1v) is 5.59. The van der Waals surface area contributed by atoms with Crippen molar-refractivity contribution >= 4 is 23.2 Å². The van der Waals surface area contributed by atoms with E-state index in [0.29, 0.717) is 11.4 Å². The Morgan fingerprint density at radius 3 is 1.89 bits per heavy atom. The zero-order valence-electron chi connectivity index (χ0n) is 9.97.